The molecule has 4 saturated carbocycles. The van der Waals surface area contributed by atoms with Crippen LogP contribution in [0.15, 0.2) is 0 Å². The first kappa shape index (κ1) is 24.5. The minimum atomic E-state index is -0.743. The maximum atomic E-state index is 11.8. The van der Waals surface area contributed by atoms with Crippen molar-refractivity contribution in [3.8, 4) is 0 Å². The van der Waals surface area contributed by atoms with Gasteiger partial charge in [0.25, 0.3) is 0 Å². The second kappa shape index (κ2) is 8.53. The van der Waals surface area contributed by atoms with Gasteiger partial charge in [-0.2, -0.15) is 0 Å². The van der Waals surface area contributed by atoms with Crippen molar-refractivity contribution in [2.24, 2.45) is 58.2 Å². The highest BCUT2D eigenvalue weighted by Gasteiger charge is 2.67. The summed E-state index contributed by atoms with van der Waals surface area (Å²) in [5.74, 6) is 0.687. The summed E-state index contributed by atoms with van der Waals surface area (Å²) in [6.45, 7) is 10.8. The maximum absolute atomic E-state index is 11.8. The van der Waals surface area contributed by atoms with Gasteiger partial charge in [0.15, 0.2) is 0 Å². The molecule has 0 spiro atoms. The molecule has 4 aliphatic carbocycles. The lowest BCUT2D eigenvalue weighted by Crippen LogP contribution is -2.65. The van der Waals surface area contributed by atoms with Gasteiger partial charge in [-0.3, -0.25) is 4.79 Å². The van der Waals surface area contributed by atoms with Crippen LogP contribution in [0.5, 0.6) is 0 Å². The van der Waals surface area contributed by atoms with Crippen LogP contribution >= 0.6 is 0 Å². The number of hydrogen-bond donors (Lipinski definition) is 4. The molecule has 0 heterocycles. The lowest BCUT2D eigenvalue weighted by atomic mass is 9.41. The lowest BCUT2D eigenvalue weighted by molar-refractivity contribution is -0.228. The zero-order valence-electron chi connectivity index (χ0n) is 20.7. The summed E-state index contributed by atoms with van der Waals surface area (Å²) in [5, 5.41) is 43.3. The van der Waals surface area contributed by atoms with Crippen LogP contribution in [0.3, 0.4) is 0 Å². The molecule has 4 aliphatic rings. The molecule has 5 nitrogen and oxygen atoms in total. The van der Waals surface area contributed by atoms with E-state index in [1.807, 2.05) is 0 Å². The molecule has 0 bridgehead atoms. The fourth-order valence-electron chi connectivity index (χ4n) is 9.71. The van der Waals surface area contributed by atoms with Crippen LogP contribution < -0.4 is 0 Å². The molecule has 0 amide bonds. The third kappa shape index (κ3) is 3.48. The molecule has 3 unspecified atom stereocenters. The van der Waals surface area contributed by atoms with Crippen molar-refractivity contribution < 1.29 is 25.2 Å². The molecule has 0 saturated heterocycles. The second-order valence-corrected chi connectivity index (χ2v) is 12.6. The maximum Gasteiger partial charge on any atom is 0.306 e. The van der Waals surface area contributed by atoms with Crippen LogP contribution in [0.2, 0.25) is 0 Å². The van der Waals surface area contributed by atoms with E-state index in [1.54, 1.807) is 6.92 Å². The Labute approximate surface area is 194 Å². The number of aliphatic carboxylic acids is 1. The van der Waals surface area contributed by atoms with Gasteiger partial charge in [0, 0.05) is 0 Å². The molecule has 4 N–H and O–H groups in total. The molecule has 4 fully saturated rings. The van der Waals surface area contributed by atoms with Crippen molar-refractivity contribution in [2.75, 3.05) is 0 Å². The second-order valence-electron chi connectivity index (χ2n) is 12.6. The number of hydrogen-bond acceptors (Lipinski definition) is 4. The third-order valence-electron chi connectivity index (χ3n) is 11.4. The van der Waals surface area contributed by atoms with Crippen molar-refractivity contribution in [1.82, 2.24) is 0 Å². The van der Waals surface area contributed by atoms with Crippen molar-refractivity contribution in [3.05, 3.63) is 0 Å². The molecule has 32 heavy (non-hydrogen) atoms. The summed E-state index contributed by atoms with van der Waals surface area (Å²) in [4.78, 5) is 11.5. The monoisotopic (exact) mass is 450 g/mol. The number of rotatable bonds is 5. The Morgan fingerprint density at radius 3 is 2.31 bits per heavy atom. The van der Waals surface area contributed by atoms with Crippen LogP contribution in [-0.2, 0) is 4.79 Å². The highest BCUT2D eigenvalue weighted by molar-refractivity contribution is 5.69. The Bertz CT molecular complexity index is 710. The van der Waals surface area contributed by atoms with Crippen LogP contribution in [-0.4, -0.2) is 44.7 Å². The SMILES string of the molecule is CC[C@H]1[C@@H](O)[C@H]2C3CC[C@H]([C@H](C)CC(C)C(=O)O)[C@@]3(C)[C@@H](O)CC2[C@@]2(C)CC[C@@H](O)C[C@@H]12. The average Bonchev–Trinajstić information content (AvgIpc) is 3.09. The average molecular weight is 451 g/mol. The molecule has 0 aromatic heterocycles. The Kier molecular flexibility index (Phi) is 6.53. The van der Waals surface area contributed by atoms with Gasteiger partial charge in [0.05, 0.1) is 24.2 Å². The molecule has 0 aromatic rings. The Morgan fingerprint density at radius 2 is 1.69 bits per heavy atom. The molecule has 13 atom stereocenters. The Balaban J connectivity index is 1.66. The number of carboxylic acids is 1. The minimum Gasteiger partial charge on any atom is -0.481 e. The summed E-state index contributed by atoms with van der Waals surface area (Å²) in [6, 6.07) is 0. The predicted octanol–water partition coefficient (Wildman–Crippen LogP) is 4.33. The van der Waals surface area contributed by atoms with Gasteiger partial charge >= 0.3 is 5.97 Å². The number of carbonyl (C=O) groups is 1. The van der Waals surface area contributed by atoms with E-state index >= 15 is 0 Å². The van der Waals surface area contributed by atoms with Crippen molar-refractivity contribution in [1.29, 1.82) is 0 Å². The smallest absolute Gasteiger partial charge is 0.306 e. The molecular weight excluding hydrogens is 404 g/mol. The molecular formula is C27H46O5. The fourth-order valence-corrected chi connectivity index (χ4v) is 9.71. The van der Waals surface area contributed by atoms with Gasteiger partial charge in [-0.25, -0.2) is 0 Å². The van der Waals surface area contributed by atoms with E-state index in [4.69, 9.17) is 0 Å². The standard InChI is InChI=1S/C27H46O5/c1-6-17-20-12-16(28)9-10-26(20,4)21-13-22(29)27(5)18(14(2)11-15(3)25(31)32)7-8-19(27)23(21)24(17)30/h14-24,28-30H,6-13H2,1-5H3,(H,31,32)/t14-,15?,16-,17-,18-,19?,20+,21?,22+,23+,24-,26+,27-/m1/s1. The Morgan fingerprint density at radius 1 is 1.00 bits per heavy atom. The summed E-state index contributed by atoms with van der Waals surface area (Å²) in [7, 11) is 0. The zero-order chi connectivity index (χ0) is 23.6. The first-order valence-corrected chi connectivity index (χ1v) is 13.2. The molecule has 5 heteroatoms. The van der Waals surface area contributed by atoms with Gasteiger partial charge in [-0.15, -0.1) is 0 Å². The molecule has 0 aliphatic heterocycles. The number of carboxylic acid groups (broad SMARTS) is 1. The summed E-state index contributed by atoms with van der Waals surface area (Å²) >= 11 is 0. The third-order valence-corrected chi connectivity index (χ3v) is 11.4. The van der Waals surface area contributed by atoms with Crippen LogP contribution in [0.1, 0.15) is 86.0 Å². The van der Waals surface area contributed by atoms with E-state index in [2.05, 4.69) is 27.7 Å². The van der Waals surface area contributed by atoms with Crippen molar-refractivity contribution in [2.45, 2.75) is 104 Å². The molecule has 0 aromatic carbocycles. The first-order valence-electron chi connectivity index (χ1n) is 13.2. The predicted molar refractivity (Wildman–Crippen MR) is 124 cm³/mol. The number of aliphatic hydroxyl groups excluding tert-OH is 3. The largest absolute Gasteiger partial charge is 0.481 e. The zero-order valence-corrected chi connectivity index (χ0v) is 20.7. The summed E-state index contributed by atoms with van der Waals surface area (Å²) in [6.07, 6.45) is 5.85. The van der Waals surface area contributed by atoms with Crippen LogP contribution in [0.4, 0.5) is 0 Å². The molecule has 184 valence electrons. The quantitative estimate of drug-likeness (QED) is 0.500. The van der Waals surface area contributed by atoms with Crippen LogP contribution in [0.25, 0.3) is 0 Å². The Hall–Kier alpha value is -0.650. The normalized spacial score (nSPS) is 52.4. The van der Waals surface area contributed by atoms with E-state index in [0.717, 1.165) is 44.9 Å². The first-order chi connectivity index (χ1) is 15.0. The highest BCUT2D eigenvalue weighted by Crippen LogP contribution is 2.69. The van der Waals surface area contributed by atoms with Gasteiger partial charge < -0.3 is 20.4 Å². The van der Waals surface area contributed by atoms with E-state index < -0.39 is 12.1 Å². The van der Waals surface area contributed by atoms with Crippen molar-refractivity contribution in [3.63, 3.8) is 0 Å². The van der Waals surface area contributed by atoms with E-state index in [0.29, 0.717) is 12.3 Å². The topological polar surface area (TPSA) is 98.0 Å². The molecule has 4 rings (SSSR count). The number of fused-ring (bicyclic) bond motifs is 5. The molecule has 0 radical (unpaired) electrons. The van der Waals surface area contributed by atoms with Gasteiger partial charge in [-0.05, 0) is 97.2 Å². The van der Waals surface area contributed by atoms with E-state index in [9.17, 15) is 25.2 Å². The van der Waals surface area contributed by atoms with Gasteiger partial charge in [-0.1, -0.05) is 41.0 Å². The lowest BCUT2D eigenvalue weighted by Gasteiger charge is -2.65. The summed E-state index contributed by atoms with van der Waals surface area (Å²) in [5.41, 5.74) is -0.205. The van der Waals surface area contributed by atoms with Crippen molar-refractivity contribution >= 4 is 5.97 Å². The van der Waals surface area contributed by atoms with Gasteiger partial charge in [0.1, 0.15) is 0 Å². The van der Waals surface area contributed by atoms with E-state index in [-0.39, 0.29) is 64.5 Å². The van der Waals surface area contributed by atoms with Gasteiger partial charge in [0.2, 0.25) is 0 Å². The summed E-state index contributed by atoms with van der Waals surface area (Å²) < 4.78 is 0. The highest BCUT2D eigenvalue weighted by atomic mass is 16.4. The van der Waals surface area contributed by atoms with Crippen LogP contribution in [0, 0.1) is 58.2 Å². The fraction of sp³-hybridized carbons (Fsp3) is 0.963. The minimum absolute atomic E-state index is 0.0631. The number of aliphatic hydroxyl groups is 3. The van der Waals surface area contributed by atoms with E-state index in [1.165, 1.54) is 0 Å².